The van der Waals surface area contributed by atoms with Crippen LogP contribution >= 0.6 is 0 Å². The molecule has 8 nitrogen and oxygen atoms in total. The van der Waals surface area contributed by atoms with Crippen molar-refractivity contribution >= 4 is 28.6 Å². The smallest absolute Gasteiger partial charge is 0.243 e. The maximum absolute atomic E-state index is 12.4. The van der Waals surface area contributed by atoms with Gasteiger partial charge in [0.05, 0.1) is 35.4 Å². The Kier molecular flexibility index (Phi) is 11.0. The molecular weight excluding hydrogens is 562 g/mol. The zero-order valence-electron chi connectivity index (χ0n) is 27.0. The number of carbonyl (C=O) groups is 1. The molecule has 5 rings (SSSR count). The van der Waals surface area contributed by atoms with Crippen molar-refractivity contribution in [3.63, 3.8) is 0 Å². The topological polar surface area (TPSA) is 98.3 Å². The molecule has 2 aromatic carbocycles. The molecule has 4 aromatic rings. The van der Waals surface area contributed by atoms with Crippen LogP contribution in [0.2, 0.25) is 0 Å². The van der Waals surface area contributed by atoms with Crippen LogP contribution in [0.15, 0.2) is 48.5 Å². The van der Waals surface area contributed by atoms with Crippen LogP contribution in [0, 0.1) is 20.8 Å². The first-order chi connectivity index (χ1) is 21.9. The van der Waals surface area contributed by atoms with E-state index >= 15 is 0 Å². The van der Waals surface area contributed by atoms with Crippen LogP contribution in [0.1, 0.15) is 78.1 Å². The summed E-state index contributed by atoms with van der Waals surface area (Å²) in [5.41, 5.74) is 9.39. The summed E-state index contributed by atoms with van der Waals surface area (Å²) >= 11 is 0. The quantitative estimate of drug-likeness (QED) is 0.115. The lowest BCUT2D eigenvalue weighted by atomic mass is 9.92. The number of rotatable bonds is 14. The van der Waals surface area contributed by atoms with Crippen LogP contribution < -0.4 is 20.1 Å². The molecule has 1 aliphatic rings. The standard InChI is InChI=1S/C37H45N5O3/c1-25-26(2)41-33(27(3)40-25)24-45-34-19-17-28(23-35(34)44-4)18-20-36(43)38-21-11-5-6-12-22-39-37-29-13-7-9-15-31(29)42-32-16-10-8-14-30(32)37/h7,9,13,15,17-20,23H,5-6,8,10-12,14,16,21-22,24H2,1-4H3,(H,38,43)(H,39,42)/b20-18+. The average Bonchev–Trinajstić information content (AvgIpc) is 3.05. The lowest BCUT2D eigenvalue weighted by molar-refractivity contribution is -0.116. The van der Waals surface area contributed by atoms with Crippen LogP contribution in [-0.2, 0) is 24.2 Å². The third-order valence-corrected chi connectivity index (χ3v) is 8.43. The number of hydrogen-bond donors (Lipinski definition) is 2. The minimum absolute atomic E-state index is 0.103. The Morgan fingerprint density at radius 3 is 2.49 bits per heavy atom. The summed E-state index contributed by atoms with van der Waals surface area (Å²) in [5, 5.41) is 7.98. The molecule has 8 heteroatoms. The van der Waals surface area contributed by atoms with Crippen molar-refractivity contribution in [2.75, 3.05) is 25.5 Å². The highest BCUT2D eigenvalue weighted by Gasteiger charge is 2.17. The molecule has 0 fully saturated rings. The Morgan fingerprint density at radius 1 is 0.867 bits per heavy atom. The molecule has 45 heavy (non-hydrogen) atoms. The molecule has 0 radical (unpaired) electrons. The third kappa shape index (κ3) is 8.38. The third-order valence-electron chi connectivity index (χ3n) is 8.43. The summed E-state index contributed by atoms with van der Waals surface area (Å²) in [7, 11) is 1.60. The molecule has 2 heterocycles. The number of hydrogen-bond acceptors (Lipinski definition) is 7. The second-order valence-corrected chi connectivity index (χ2v) is 11.7. The first-order valence-corrected chi connectivity index (χ1v) is 16.1. The number of methoxy groups -OCH3 is 1. The van der Waals surface area contributed by atoms with Gasteiger partial charge >= 0.3 is 0 Å². The maximum Gasteiger partial charge on any atom is 0.243 e. The first-order valence-electron chi connectivity index (χ1n) is 16.1. The van der Waals surface area contributed by atoms with E-state index in [-0.39, 0.29) is 5.91 Å². The average molecular weight is 608 g/mol. The highest BCUT2D eigenvalue weighted by molar-refractivity contribution is 5.93. The second-order valence-electron chi connectivity index (χ2n) is 11.7. The highest BCUT2D eigenvalue weighted by atomic mass is 16.5. The number of benzene rings is 2. The Morgan fingerprint density at radius 2 is 1.64 bits per heavy atom. The van der Waals surface area contributed by atoms with Crippen LogP contribution in [0.25, 0.3) is 17.0 Å². The summed E-state index contributed by atoms with van der Waals surface area (Å²) in [6.45, 7) is 7.74. The summed E-state index contributed by atoms with van der Waals surface area (Å²) in [6, 6.07) is 14.1. The largest absolute Gasteiger partial charge is 0.493 e. The van der Waals surface area contributed by atoms with Crippen molar-refractivity contribution in [2.24, 2.45) is 0 Å². The van der Waals surface area contributed by atoms with Gasteiger partial charge in [-0.25, -0.2) is 0 Å². The van der Waals surface area contributed by atoms with Gasteiger partial charge in [0.1, 0.15) is 6.61 Å². The van der Waals surface area contributed by atoms with E-state index in [1.165, 1.54) is 35.2 Å². The Bertz CT molecular complexity index is 1670. The number of nitrogens with one attached hydrogen (secondary N) is 2. The second kappa shape index (κ2) is 15.5. The number of carbonyl (C=O) groups excluding carboxylic acids is 1. The lowest BCUT2D eigenvalue weighted by Crippen LogP contribution is -2.22. The number of fused-ring (bicyclic) bond motifs is 2. The van der Waals surface area contributed by atoms with E-state index in [1.54, 1.807) is 19.3 Å². The predicted octanol–water partition coefficient (Wildman–Crippen LogP) is 7.22. The number of anilines is 1. The lowest BCUT2D eigenvalue weighted by Gasteiger charge is -2.21. The van der Waals surface area contributed by atoms with Crippen molar-refractivity contribution in [1.29, 1.82) is 0 Å². The van der Waals surface area contributed by atoms with Gasteiger partial charge < -0.3 is 20.1 Å². The molecule has 236 valence electrons. The fraction of sp³-hybridized carbons (Fsp3) is 0.405. The molecule has 0 unspecified atom stereocenters. The summed E-state index contributed by atoms with van der Waals surface area (Å²) in [5.74, 6) is 1.11. The monoisotopic (exact) mass is 607 g/mol. The number of amides is 1. The number of ether oxygens (including phenoxy) is 2. The van der Waals surface area contributed by atoms with Gasteiger partial charge in [0, 0.05) is 35.9 Å². The maximum atomic E-state index is 12.4. The fourth-order valence-corrected chi connectivity index (χ4v) is 5.79. The van der Waals surface area contributed by atoms with Crippen LogP contribution in [0.4, 0.5) is 5.69 Å². The molecule has 0 saturated carbocycles. The van der Waals surface area contributed by atoms with Crippen molar-refractivity contribution < 1.29 is 14.3 Å². The number of pyridine rings is 1. The fourth-order valence-electron chi connectivity index (χ4n) is 5.79. The Labute approximate surface area is 266 Å². The van der Waals surface area contributed by atoms with Gasteiger partial charge in [0.15, 0.2) is 11.5 Å². The highest BCUT2D eigenvalue weighted by Crippen LogP contribution is 2.33. The summed E-state index contributed by atoms with van der Waals surface area (Å²) < 4.78 is 11.5. The minimum atomic E-state index is -0.103. The van der Waals surface area contributed by atoms with Gasteiger partial charge in [-0.3, -0.25) is 19.7 Å². The van der Waals surface area contributed by atoms with Crippen LogP contribution in [0.3, 0.4) is 0 Å². The van der Waals surface area contributed by atoms with E-state index in [1.807, 2.05) is 39.0 Å². The number of aromatic nitrogens is 3. The number of para-hydroxylation sites is 1. The molecule has 1 aliphatic carbocycles. The predicted molar refractivity (Wildman–Crippen MR) is 181 cm³/mol. The van der Waals surface area contributed by atoms with Gasteiger partial charge in [-0.2, -0.15) is 0 Å². The molecule has 0 spiro atoms. The van der Waals surface area contributed by atoms with Crippen molar-refractivity contribution in [2.45, 2.75) is 78.7 Å². The van der Waals surface area contributed by atoms with E-state index in [0.29, 0.717) is 24.7 Å². The molecule has 2 N–H and O–H groups in total. The molecule has 0 atom stereocenters. The minimum Gasteiger partial charge on any atom is -0.493 e. The van der Waals surface area contributed by atoms with Gasteiger partial charge in [0.2, 0.25) is 5.91 Å². The first kappa shape index (κ1) is 31.9. The van der Waals surface area contributed by atoms with E-state index in [4.69, 9.17) is 14.5 Å². The van der Waals surface area contributed by atoms with Crippen molar-refractivity contribution in [3.8, 4) is 11.5 Å². The molecule has 1 amide bonds. The zero-order valence-corrected chi connectivity index (χ0v) is 27.0. The van der Waals surface area contributed by atoms with E-state index in [0.717, 1.165) is 78.9 Å². The summed E-state index contributed by atoms with van der Waals surface area (Å²) in [4.78, 5) is 26.5. The number of aryl methyl sites for hydroxylation is 4. The molecule has 0 bridgehead atoms. The number of unbranched alkanes of at least 4 members (excludes halogenated alkanes) is 3. The van der Waals surface area contributed by atoms with E-state index in [9.17, 15) is 4.79 Å². The SMILES string of the molecule is COc1cc(/C=C/C(=O)NCCCCCCNc2c3c(nc4ccccc24)CCCC3)ccc1OCc1nc(C)c(C)nc1C. The van der Waals surface area contributed by atoms with E-state index < -0.39 is 0 Å². The Balaban J connectivity index is 1.02. The molecule has 2 aromatic heterocycles. The van der Waals surface area contributed by atoms with Gasteiger partial charge in [0.25, 0.3) is 0 Å². The van der Waals surface area contributed by atoms with Gasteiger partial charge in [-0.1, -0.05) is 37.1 Å². The zero-order chi connectivity index (χ0) is 31.6. The van der Waals surface area contributed by atoms with Gasteiger partial charge in [-0.15, -0.1) is 0 Å². The molecular formula is C37H45N5O3. The molecule has 0 saturated heterocycles. The normalized spacial score (nSPS) is 12.7. The van der Waals surface area contributed by atoms with Crippen molar-refractivity contribution in [3.05, 3.63) is 88.1 Å². The van der Waals surface area contributed by atoms with E-state index in [2.05, 4.69) is 44.9 Å². The van der Waals surface area contributed by atoms with Crippen LogP contribution in [-0.4, -0.2) is 41.1 Å². The number of nitrogens with zero attached hydrogens (tertiary/aromatic N) is 3. The molecule has 0 aliphatic heterocycles. The van der Waals surface area contributed by atoms with Crippen molar-refractivity contribution in [1.82, 2.24) is 20.3 Å². The summed E-state index contributed by atoms with van der Waals surface area (Å²) in [6.07, 6.45) is 12.3. The Hall–Kier alpha value is -4.46. The van der Waals surface area contributed by atoms with Crippen LogP contribution in [0.5, 0.6) is 11.5 Å². The van der Waals surface area contributed by atoms with Gasteiger partial charge in [-0.05, 0) is 94.7 Å².